The number of carbonyl (C=O) groups is 2. The molecule has 36 heavy (non-hydrogen) atoms. The molecule has 7 heteroatoms. The highest BCUT2D eigenvalue weighted by Crippen LogP contribution is 2.34. The summed E-state index contributed by atoms with van der Waals surface area (Å²) in [5.74, 6) is -0.0897. The number of Topliss-reactive ketones (excluding diaryl/α,β-unsaturated/α-hetero) is 1. The van der Waals surface area contributed by atoms with Crippen LogP contribution in [-0.2, 0) is 0 Å². The van der Waals surface area contributed by atoms with E-state index in [1.165, 1.54) is 23.5 Å². The summed E-state index contributed by atoms with van der Waals surface area (Å²) in [7, 11) is 0. The standard InChI is InChI=1S/C29H28FN3O2S/c1-18-11-12-23(13-14-25(34)24-10-4-6-20-8-5-15-31-26(20)24)33(17-18)29(35)27-28(36-19(2)32-27)21-7-3-9-22(30)16-21/h3-10,15-16,18,23H,11-14,17H2,1-2H3. The fourth-order valence-corrected chi connectivity index (χ4v) is 5.96. The van der Waals surface area contributed by atoms with Gasteiger partial charge in [-0.05, 0) is 61.9 Å². The van der Waals surface area contributed by atoms with Crippen LogP contribution in [0.15, 0.2) is 60.8 Å². The minimum atomic E-state index is -0.345. The molecule has 0 spiro atoms. The Kier molecular flexibility index (Phi) is 6.92. The van der Waals surface area contributed by atoms with E-state index >= 15 is 0 Å². The Morgan fingerprint density at radius 2 is 1.92 bits per heavy atom. The van der Waals surface area contributed by atoms with Crippen LogP contribution >= 0.6 is 11.3 Å². The summed E-state index contributed by atoms with van der Waals surface area (Å²) >= 11 is 1.40. The van der Waals surface area contributed by atoms with Crippen LogP contribution in [-0.4, -0.2) is 39.1 Å². The van der Waals surface area contributed by atoms with E-state index in [1.54, 1.807) is 18.3 Å². The number of benzene rings is 2. The fraction of sp³-hybridized carbons (Fsp3) is 0.310. The molecular weight excluding hydrogens is 473 g/mol. The maximum atomic E-state index is 13.9. The SMILES string of the molecule is Cc1nc(C(=O)N2CC(C)CCC2CCC(=O)c2cccc3cccnc23)c(-c2cccc(F)c2)s1. The summed E-state index contributed by atoms with van der Waals surface area (Å²) in [5.41, 5.74) is 2.36. The summed E-state index contributed by atoms with van der Waals surface area (Å²) in [6, 6.07) is 15.7. The zero-order chi connectivity index (χ0) is 25.2. The Bertz CT molecular complexity index is 1430. The van der Waals surface area contributed by atoms with E-state index in [2.05, 4.69) is 16.9 Å². The zero-order valence-electron chi connectivity index (χ0n) is 20.4. The second-order valence-corrected chi connectivity index (χ2v) is 10.8. The number of thiazole rings is 1. The highest BCUT2D eigenvalue weighted by Gasteiger charge is 2.33. The van der Waals surface area contributed by atoms with Crippen molar-refractivity contribution in [1.29, 1.82) is 0 Å². The quantitative estimate of drug-likeness (QED) is 0.276. The number of hydrogen-bond acceptors (Lipinski definition) is 5. The molecule has 3 heterocycles. The van der Waals surface area contributed by atoms with Crippen molar-refractivity contribution < 1.29 is 14.0 Å². The van der Waals surface area contributed by atoms with Gasteiger partial charge in [-0.15, -0.1) is 11.3 Å². The van der Waals surface area contributed by atoms with Crippen molar-refractivity contribution >= 4 is 33.9 Å². The van der Waals surface area contributed by atoms with Gasteiger partial charge in [0, 0.05) is 36.2 Å². The maximum absolute atomic E-state index is 13.9. The molecule has 2 atom stereocenters. The third kappa shape index (κ3) is 4.93. The molecule has 5 rings (SSSR count). The Morgan fingerprint density at radius 3 is 2.75 bits per heavy atom. The van der Waals surface area contributed by atoms with Gasteiger partial charge in [0.1, 0.15) is 11.5 Å². The first kappa shape index (κ1) is 24.3. The Balaban J connectivity index is 1.38. The lowest BCUT2D eigenvalue weighted by Crippen LogP contribution is -2.46. The minimum Gasteiger partial charge on any atom is -0.334 e. The lowest BCUT2D eigenvalue weighted by atomic mass is 9.90. The first-order valence-corrected chi connectivity index (χ1v) is 13.1. The third-order valence-corrected chi connectivity index (χ3v) is 7.88. The van der Waals surface area contributed by atoms with Gasteiger partial charge in [0.15, 0.2) is 5.78 Å². The van der Waals surface area contributed by atoms with E-state index in [1.807, 2.05) is 42.2 Å². The van der Waals surface area contributed by atoms with Gasteiger partial charge in [-0.25, -0.2) is 9.37 Å². The van der Waals surface area contributed by atoms with Crippen LogP contribution in [0, 0.1) is 18.7 Å². The Labute approximate surface area is 214 Å². The van der Waals surface area contributed by atoms with Crippen molar-refractivity contribution in [2.45, 2.75) is 45.6 Å². The number of carbonyl (C=O) groups excluding carboxylic acids is 2. The smallest absolute Gasteiger partial charge is 0.274 e. The number of para-hydroxylation sites is 1. The summed E-state index contributed by atoms with van der Waals surface area (Å²) in [6.07, 6.45) is 4.47. The van der Waals surface area contributed by atoms with Crippen LogP contribution in [0.5, 0.6) is 0 Å². The minimum absolute atomic E-state index is 0.0373. The van der Waals surface area contributed by atoms with Crippen molar-refractivity contribution in [3.05, 3.63) is 82.9 Å². The van der Waals surface area contributed by atoms with E-state index in [-0.39, 0.29) is 23.5 Å². The van der Waals surface area contributed by atoms with E-state index in [9.17, 15) is 14.0 Å². The number of aryl methyl sites for hydroxylation is 1. The molecule has 0 N–H and O–H groups in total. The average molecular weight is 502 g/mol. The van der Waals surface area contributed by atoms with Gasteiger partial charge in [-0.3, -0.25) is 14.6 Å². The van der Waals surface area contributed by atoms with E-state index in [4.69, 9.17) is 0 Å². The number of rotatable bonds is 6. The zero-order valence-corrected chi connectivity index (χ0v) is 21.2. The van der Waals surface area contributed by atoms with Crippen LogP contribution in [0.2, 0.25) is 0 Å². The molecule has 1 saturated heterocycles. The predicted octanol–water partition coefficient (Wildman–Crippen LogP) is 6.71. The average Bonchev–Trinajstić information content (AvgIpc) is 3.28. The molecule has 0 saturated carbocycles. The normalized spacial score (nSPS) is 17.9. The lowest BCUT2D eigenvalue weighted by Gasteiger charge is -2.38. The number of nitrogens with zero attached hydrogens (tertiary/aromatic N) is 3. The van der Waals surface area contributed by atoms with Crippen molar-refractivity contribution in [2.75, 3.05) is 6.54 Å². The summed E-state index contributed by atoms with van der Waals surface area (Å²) < 4.78 is 13.9. The molecular formula is C29H28FN3O2S. The number of halogens is 1. The van der Waals surface area contributed by atoms with Crippen molar-refractivity contribution in [3.63, 3.8) is 0 Å². The highest BCUT2D eigenvalue weighted by atomic mass is 32.1. The topological polar surface area (TPSA) is 63.2 Å². The second kappa shape index (κ2) is 10.3. The van der Waals surface area contributed by atoms with E-state index in [0.717, 1.165) is 23.2 Å². The number of hydrogen-bond donors (Lipinski definition) is 0. The monoisotopic (exact) mass is 501 g/mol. The Morgan fingerprint density at radius 1 is 1.11 bits per heavy atom. The highest BCUT2D eigenvalue weighted by molar-refractivity contribution is 7.15. The van der Waals surface area contributed by atoms with Crippen molar-refractivity contribution in [3.8, 4) is 10.4 Å². The van der Waals surface area contributed by atoms with Crippen molar-refractivity contribution in [2.24, 2.45) is 5.92 Å². The largest absolute Gasteiger partial charge is 0.334 e. The van der Waals surface area contributed by atoms with Gasteiger partial charge in [-0.2, -0.15) is 0 Å². The van der Waals surface area contributed by atoms with Crippen LogP contribution in [0.25, 0.3) is 21.3 Å². The molecule has 184 valence electrons. The van der Waals surface area contributed by atoms with Gasteiger partial charge >= 0.3 is 0 Å². The molecule has 0 aliphatic carbocycles. The van der Waals surface area contributed by atoms with Gasteiger partial charge in [0.05, 0.1) is 15.4 Å². The molecule has 1 fully saturated rings. The molecule has 2 unspecified atom stereocenters. The number of amides is 1. The third-order valence-electron chi connectivity index (χ3n) is 6.86. The van der Waals surface area contributed by atoms with Crippen LogP contribution < -0.4 is 0 Å². The van der Waals surface area contributed by atoms with Crippen LogP contribution in [0.4, 0.5) is 4.39 Å². The number of aromatic nitrogens is 2. The molecule has 2 aromatic heterocycles. The first-order valence-electron chi connectivity index (χ1n) is 12.3. The number of pyridine rings is 1. The van der Waals surface area contributed by atoms with Gasteiger partial charge < -0.3 is 4.90 Å². The van der Waals surface area contributed by atoms with E-state index in [0.29, 0.717) is 52.5 Å². The first-order chi connectivity index (χ1) is 17.4. The lowest BCUT2D eigenvalue weighted by molar-refractivity contribution is 0.0519. The number of ketones is 1. The molecule has 0 radical (unpaired) electrons. The summed E-state index contributed by atoms with van der Waals surface area (Å²) in [5, 5.41) is 1.70. The molecule has 0 bridgehead atoms. The second-order valence-electron chi connectivity index (χ2n) is 9.56. The molecule has 2 aromatic carbocycles. The summed E-state index contributed by atoms with van der Waals surface area (Å²) in [4.78, 5) is 38.6. The van der Waals surface area contributed by atoms with Crippen LogP contribution in [0.1, 0.15) is 58.5 Å². The van der Waals surface area contributed by atoms with Gasteiger partial charge in [0.2, 0.25) is 0 Å². The number of fused-ring (bicyclic) bond motifs is 1. The molecule has 1 amide bonds. The Hall–Kier alpha value is -3.45. The molecule has 1 aliphatic heterocycles. The van der Waals surface area contributed by atoms with Gasteiger partial charge in [0.25, 0.3) is 5.91 Å². The number of piperidine rings is 1. The van der Waals surface area contributed by atoms with E-state index < -0.39 is 0 Å². The maximum Gasteiger partial charge on any atom is 0.274 e. The van der Waals surface area contributed by atoms with Crippen molar-refractivity contribution in [1.82, 2.24) is 14.9 Å². The molecule has 1 aliphatic rings. The van der Waals surface area contributed by atoms with Crippen LogP contribution in [0.3, 0.4) is 0 Å². The fourth-order valence-electron chi connectivity index (χ4n) is 5.05. The summed E-state index contributed by atoms with van der Waals surface area (Å²) in [6.45, 7) is 4.62. The molecule has 5 nitrogen and oxygen atoms in total. The predicted molar refractivity (Wildman–Crippen MR) is 141 cm³/mol. The van der Waals surface area contributed by atoms with Gasteiger partial charge in [-0.1, -0.05) is 37.3 Å². The number of likely N-dealkylation sites (tertiary alicyclic amines) is 1. The molecule has 4 aromatic rings.